The van der Waals surface area contributed by atoms with Crippen LogP contribution in [0.25, 0.3) is 0 Å². The summed E-state index contributed by atoms with van der Waals surface area (Å²) in [5, 5.41) is 3.48. The fourth-order valence-electron chi connectivity index (χ4n) is 4.05. The van der Waals surface area contributed by atoms with Crippen molar-refractivity contribution in [3.63, 3.8) is 0 Å². The molecule has 4 rings (SSSR count). The van der Waals surface area contributed by atoms with Crippen LogP contribution in [0.4, 0.5) is 5.69 Å². The summed E-state index contributed by atoms with van der Waals surface area (Å²) in [6.45, 7) is 0. The number of anilines is 1. The molecule has 0 saturated carbocycles. The first-order valence-electron chi connectivity index (χ1n) is 9.09. The molecule has 0 aromatic heterocycles. The summed E-state index contributed by atoms with van der Waals surface area (Å²) in [4.78, 5) is 12.9. The summed E-state index contributed by atoms with van der Waals surface area (Å²) >= 11 is 0. The average molecular weight is 365 g/mol. The number of methoxy groups -OCH3 is 3. The standard InChI is InChI=1S/C22H23NO4/c1-25-14-9-7-13(8-10-14)20-21-16(5-4-6-18(21)24)23-17-11-15(26-2)12-19(27-3)22(17)20/h7-12,20,23H,4-6H2,1-3H3. The zero-order valence-corrected chi connectivity index (χ0v) is 15.8. The maximum Gasteiger partial charge on any atom is 0.161 e. The van der Waals surface area contributed by atoms with Gasteiger partial charge in [0.05, 0.1) is 21.3 Å². The van der Waals surface area contributed by atoms with Gasteiger partial charge in [0.1, 0.15) is 17.2 Å². The first kappa shape index (κ1) is 17.5. The maximum absolute atomic E-state index is 12.9. The quantitative estimate of drug-likeness (QED) is 0.877. The van der Waals surface area contributed by atoms with E-state index in [0.717, 1.165) is 52.4 Å². The number of ketones is 1. The third kappa shape index (κ3) is 2.93. The van der Waals surface area contributed by atoms with Gasteiger partial charge in [0, 0.05) is 47.0 Å². The minimum Gasteiger partial charge on any atom is -0.497 e. The molecule has 2 aliphatic rings. The Balaban J connectivity index is 1.95. The monoisotopic (exact) mass is 365 g/mol. The molecule has 1 aliphatic heterocycles. The fraction of sp³-hybridized carbons (Fsp3) is 0.318. The molecule has 27 heavy (non-hydrogen) atoms. The Morgan fingerprint density at radius 1 is 0.926 bits per heavy atom. The van der Waals surface area contributed by atoms with E-state index in [2.05, 4.69) is 5.32 Å². The van der Waals surface area contributed by atoms with Crippen LogP contribution in [0.3, 0.4) is 0 Å². The van der Waals surface area contributed by atoms with Crippen molar-refractivity contribution in [2.75, 3.05) is 26.6 Å². The molecule has 1 aliphatic carbocycles. The molecule has 1 heterocycles. The first-order valence-corrected chi connectivity index (χ1v) is 9.09. The van der Waals surface area contributed by atoms with Crippen LogP contribution in [0.2, 0.25) is 0 Å². The van der Waals surface area contributed by atoms with Crippen LogP contribution in [0.15, 0.2) is 47.7 Å². The van der Waals surface area contributed by atoms with E-state index in [1.165, 1.54) is 0 Å². The van der Waals surface area contributed by atoms with Gasteiger partial charge in [0.2, 0.25) is 0 Å². The van der Waals surface area contributed by atoms with E-state index in [1.807, 2.05) is 36.4 Å². The molecule has 1 N–H and O–H groups in total. The van der Waals surface area contributed by atoms with Crippen molar-refractivity contribution >= 4 is 11.5 Å². The number of carbonyl (C=O) groups excluding carboxylic acids is 1. The third-order valence-corrected chi connectivity index (χ3v) is 5.34. The van der Waals surface area contributed by atoms with Crippen molar-refractivity contribution in [1.29, 1.82) is 0 Å². The van der Waals surface area contributed by atoms with E-state index in [9.17, 15) is 4.79 Å². The molecular formula is C22H23NO4. The number of hydrogen-bond acceptors (Lipinski definition) is 5. The normalized spacial score (nSPS) is 18.3. The molecule has 0 fully saturated rings. The number of hydrogen-bond donors (Lipinski definition) is 1. The minimum atomic E-state index is -0.171. The predicted octanol–water partition coefficient (Wildman–Crippen LogP) is 4.28. The Bertz CT molecular complexity index is 915. The number of carbonyl (C=O) groups is 1. The highest BCUT2D eigenvalue weighted by atomic mass is 16.5. The molecule has 5 heteroatoms. The average Bonchev–Trinajstić information content (AvgIpc) is 2.71. The minimum absolute atomic E-state index is 0.171. The van der Waals surface area contributed by atoms with Gasteiger partial charge < -0.3 is 19.5 Å². The lowest BCUT2D eigenvalue weighted by atomic mass is 9.75. The van der Waals surface area contributed by atoms with Gasteiger partial charge in [-0.15, -0.1) is 0 Å². The summed E-state index contributed by atoms with van der Waals surface area (Å²) < 4.78 is 16.4. The second kappa shape index (κ2) is 6.99. The van der Waals surface area contributed by atoms with Crippen LogP contribution in [-0.4, -0.2) is 27.1 Å². The molecule has 0 saturated heterocycles. The van der Waals surface area contributed by atoms with E-state index < -0.39 is 0 Å². The molecule has 1 unspecified atom stereocenters. The number of Topliss-reactive ketones (excluding diaryl/α,β-unsaturated/α-hetero) is 1. The molecule has 2 aromatic carbocycles. The number of allylic oxidation sites excluding steroid dienone is 2. The Labute approximate surface area is 158 Å². The summed E-state index contributed by atoms with van der Waals surface area (Å²) in [7, 11) is 4.93. The Morgan fingerprint density at radius 3 is 2.33 bits per heavy atom. The lowest BCUT2D eigenvalue weighted by molar-refractivity contribution is -0.116. The highest BCUT2D eigenvalue weighted by molar-refractivity contribution is 6.01. The van der Waals surface area contributed by atoms with Crippen LogP contribution < -0.4 is 19.5 Å². The lowest BCUT2D eigenvalue weighted by Crippen LogP contribution is -2.27. The number of nitrogens with one attached hydrogen (secondary N) is 1. The molecule has 0 spiro atoms. The Hall–Kier alpha value is -2.95. The van der Waals surface area contributed by atoms with Gasteiger partial charge >= 0.3 is 0 Å². The first-order chi connectivity index (χ1) is 13.2. The topological polar surface area (TPSA) is 56.8 Å². The smallest absolute Gasteiger partial charge is 0.161 e. The van der Waals surface area contributed by atoms with E-state index in [1.54, 1.807) is 21.3 Å². The highest BCUT2D eigenvalue weighted by Gasteiger charge is 2.37. The van der Waals surface area contributed by atoms with Gasteiger partial charge in [0.25, 0.3) is 0 Å². The zero-order valence-electron chi connectivity index (χ0n) is 15.8. The fourth-order valence-corrected chi connectivity index (χ4v) is 4.05. The largest absolute Gasteiger partial charge is 0.497 e. The summed E-state index contributed by atoms with van der Waals surface area (Å²) in [5.41, 5.74) is 4.81. The lowest BCUT2D eigenvalue weighted by Gasteiger charge is -2.35. The molecular weight excluding hydrogens is 342 g/mol. The van der Waals surface area contributed by atoms with Crippen LogP contribution in [-0.2, 0) is 4.79 Å². The van der Waals surface area contributed by atoms with Gasteiger partial charge in [0.15, 0.2) is 5.78 Å². The number of fused-ring (bicyclic) bond motifs is 1. The maximum atomic E-state index is 12.9. The molecule has 1 atom stereocenters. The number of ether oxygens (including phenoxy) is 3. The highest BCUT2D eigenvalue weighted by Crippen LogP contribution is 2.50. The van der Waals surface area contributed by atoms with Crippen LogP contribution >= 0.6 is 0 Å². The molecule has 0 amide bonds. The van der Waals surface area contributed by atoms with Crippen LogP contribution in [0.1, 0.15) is 36.3 Å². The van der Waals surface area contributed by atoms with E-state index in [-0.39, 0.29) is 11.7 Å². The molecule has 0 bridgehead atoms. The summed E-state index contributed by atoms with van der Waals surface area (Å²) in [6.07, 6.45) is 2.32. The zero-order chi connectivity index (χ0) is 19.0. The van der Waals surface area contributed by atoms with Crippen molar-refractivity contribution in [2.24, 2.45) is 0 Å². The van der Waals surface area contributed by atoms with Gasteiger partial charge in [-0.1, -0.05) is 12.1 Å². The van der Waals surface area contributed by atoms with Crippen molar-refractivity contribution < 1.29 is 19.0 Å². The second-order valence-corrected chi connectivity index (χ2v) is 6.79. The number of rotatable bonds is 4. The Morgan fingerprint density at radius 2 is 1.67 bits per heavy atom. The Kier molecular flexibility index (Phi) is 4.52. The van der Waals surface area contributed by atoms with Crippen LogP contribution in [0.5, 0.6) is 17.2 Å². The van der Waals surface area contributed by atoms with Crippen LogP contribution in [0, 0.1) is 0 Å². The molecule has 5 nitrogen and oxygen atoms in total. The third-order valence-electron chi connectivity index (χ3n) is 5.34. The second-order valence-electron chi connectivity index (χ2n) is 6.79. The molecule has 0 radical (unpaired) electrons. The van der Waals surface area contributed by atoms with Gasteiger partial charge in [-0.3, -0.25) is 4.79 Å². The van der Waals surface area contributed by atoms with E-state index >= 15 is 0 Å². The molecule has 2 aromatic rings. The van der Waals surface area contributed by atoms with Crippen molar-refractivity contribution in [3.8, 4) is 17.2 Å². The predicted molar refractivity (Wildman–Crippen MR) is 104 cm³/mol. The number of benzene rings is 2. The SMILES string of the molecule is COc1ccc(C2C3=C(CCCC3=O)Nc3cc(OC)cc(OC)c32)cc1. The van der Waals surface area contributed by atoms with Crippen molar-refractivity contribution in [3.05, 3.63) is 58.8 Å². The molecule has 140 valence electrons. The van der Waals surface area contributed by atoms with Gasteiger partial charge in [-0.2, -0.15) is 0 Å². The van der Waals surface area contributed by atoms with E-state index in [0.29, 0.717) is 12.2 Å². The van der Waals surface area contributed by atoms with Crippen molar-refractivity contribution in [2.45, 2.75) is 25.2 Å². The van der Waals surface area contributed by atoms with Gasteiger partial charge in [-0.25, -0.2) is 0 Å². The summed E-state index contributed by atoms with van der Waals surface area (Å²) in [5.74, 6) is 2.25. The van der Waals surface area contributed by atoms with Crippen molar-refractivity contribution in [1.82, 2.24) is 0 Å². The van der Waals surface area contributed by atoms with E-state index in [4.69, 9.17) is 14.2 Å². The summed E-state index contributed by atoms with van der Waals surface area (Å²) in [6, 6.07) is 11.7. The van der Waals surface area contributed by atoms with Gasteiger partial charge in [-0.05, 0) is 30.5 Å².